The standard InChI is InChI=1S/C15H22N2O2/c1-10-6-11(2)8-12(7-10)16-13(18)9-14(19)17-15(3,4)5/h6-8H,9H2,1-5H3,(H,16,18)(H,17,19). The average molecular weight is 262 g/mol. The highest BCUT2D eigenvalue weighted by molar-refractivity contribution is 6.03. The molecular weight excluding hydrogens is 240 g/mol. The lowest BCUT2D eigenvalue weighted by molar-refractivity contribution is -0.127. The number of rotatable bonds is 3. The van der Waals surface area contributed by atoms with E-state index in [1.807, 2.05) is 52.8 Å². The number of benzene rings is 1. The summed E-state index contributed by atoms with van der Waals surface area (Å²) in [4.78, 5) is 23.4. The minimum absolute atomic E-state index is 0.162. The molecule has 0 saturated carbocycles. The molecule has 0 saturated heterocycles. The second-order valence-corrected chi connectivity index (χ2v) is 5.90. The monoisotopic (exact) mass is 262 g/mol. The Balaban J connectivity index is 2.58. The van der Waals surface area contributed by atoms with Crippen molar-refractivity contribution in [3.8, 4) is 0 Å². The molecule has 2 N–H and O–H groups in total. The van der Waals surface area contributed by atoms with Gasteiger partial charge in [0, 0.05) is 11.2 Å². The van der Waals surface area contributed by atoms with Gasteiger partial charge in [-0.2, -0.15) is 0 Å². The Kier molecular flexibility index (Phi) is 4.70. The molecule has 4 nitrogen and oxygen atoms in total. The zero-order valence-electron chi connectivity index (χ0n) is 12.3. The van der Waals surface area contributed by atoms with Crippen LogP contribution in [0.2, 0.25) is 0 Å². The molecule has 0 unspecified atom stereocenters. The first kappa shape index (κ1) is 15.2. The number of nitrogens with one attached hydrogen (secondary N) is 2. The van der Waals surface area contributed by atoms with Crippen LogP contribution in [-0.4, -0.2) is 17.4 Å². The second kappa shape index (κ2) is 5.87. The number of carbonyl (C=O) groups is 2. The van der Waals surface area contributed by atoms with E-state index in [0.29, 0.717) is 0 Å². The zero-order valence-corrected chi connectivity index (χ0v) is 12.3. The third kappa shape index (κ3) is 6.04. The van der Waals surface area contributed by atoms with Gasteiger partial charge in [-0.05, 0) is 57.9 Å². The van der Waals surface area contributed by atoms with Gasteiger partial charge in [0.1, 0.15) is 6.42 Å². The largest absolute Gasteiger partial charge is 0.351 e. The summed E-state index contributed by atoms with van der Waals surface area (Å²) in [5, 5.41) is 5.50. The molecule has 1 aromatic carbocycles. The maximum absolute atomic E-state index is 11.8. The molecule has 19 heavy (non-hydrogen) atoms. The number of amides is 2. The summed E-state index contributed by atoms with van der Waals surface area (Å²) in [5.41, 5.74) is 2.56. The fourth-order valence-electron chi connectivity index (χ4n) is 1.86. The van der Waals surface area contributed by atoms with Crippen molar-refractivity contribution in [2.75, 3.05) is 5.32 Å². The van der Waals surface area contributed by atoms with Crippen molar-refractivity contribution in [3.63, 3.8) is 0 Å². The molecule has 0 aliphatic heterocycles. The minimum atomic E-state index is -0.322. The van der Waals surface area contributed by atoms with Crippen molar-refractivity contribution < 1.29 is 9.59 Å². The molecule has 0 radical (unpaired) electrons. The summed E-state index contributed by atoms with van der Waals surface area (Å²) in [6.45, 7) is 9.58. The van der Waals surface area contributed by atoms with Gasteiger partial charge in [0.15, 0.2) is 0 Å². The SMILES string of the molecule is Cc1cc(C)cc(NC(=O)CC(=O)NC(C)(C)C)c1. The van der Waals surface area contributed by atoms with Crippen LogP contribution in [0.5, 0.6) is 0 Å². The molecule has 0 atom stereocenters. The van der Waals surface area contributed by atoms with Crippen molar-refractivity contribution in [1.82, 2.24) is 5.32 Å². The molecule has 0 spiro atoms. The van der Waals surface area contributed by atoms with E-state index in [0.717, 1.165) is 16.8 Å². The van der Waals surface area contributed by atoms with Crippen LogP contribution in [0.3, 0.4) is 0 Å². The van der Waals surface area contributed by atoms with Crippen LogP contribution >= 0.6 is 0 Å². The molecule has 104 valence electrons. The van der Waals surface area contributed by atoms with E-state index in [9.17, 15) is 9.59 Å². The van der Waals surface area contributed by atoms with Crippen LogP contribution in [0, 0.1) is 13.8 Å². The van der Waals surface area contributed by atoms with Crippen LogP contribution in [0.25, 0.3) is 0 Å². The third-order valence-corrected chi connectivity index (χ3v) is 2.34. The summed E-state index contributed by atoms with van der Waals surface area (Å²) in [6.07, 6.45) is -0.162. The maximum atomic E-state index is 11.8. The molecule has 0 aliphatic rings. The number of hydrogen-bond donors (Lipinski definition) is 2. The van der Waals surface area contributed by atoms with Crippen molar-refractivity contribution in [2.24, 2.45) is 0 Å². The highest BCUT2D eigenvalue weighted by atomic mass is 16.2. The third-order valence-electron chi connectivity index (χ3n) is 2.34. The van der Waals surface area contributed by atoms with Gasteiger partial charge in [-0.3, -0.25) is 9.59 Å². The first-order valence-electron chi connectivity index (χ1n) is 6.35. The van der Waals surface area contributed by atoms with E-state index in [4.69, 9.17) is 0 Å². The lowest BCUT2D eigenvalue weighted by atomic mass is 10.1. The lowest BCUT2D eigenvalue weighted by Crippen LogP contribution is -2.41. The summed E-state index contributed by atoms with van der Waals surface area (Å²) < 4.78 is 0. The first-order valence-corrected chi connectivity index (χ1v) is 6.35. The zero-order chi connectivity index (χ0) is 14.6. The van der Waals surface area contributed by atoms with E-state index in [1.165, 1.54) is 0 Å². The number of aryl methyl sites for hydroxylation is 2. The van der Waals surface area contributed by atoms with Crippen LogP contribution in [-0.2, 0) is 9.59 Å². The Morgan fingerprint density at radius 1 is 1.00 bits per heavy atom. The predicted octanol–water partition coefficient (Wildman–Crippen LogP) is 2.55. The fraction of sp³-hybridized carbons (Fsp3) is 0.467. The molecule has 4 heteroatoms. The molecular formula is C15H22N2O2. The maximum Gasteiger partial charge on any atom is 0.233 e. The number of carbonyl (C=O) groups excluding carboxylic acids is 2. The van der Waals surface area contributed by atoms with Gasteiger partial charge >= 0.3 is 0 Å². The van der Waals surface area contributed by atoms with Gasteiger partial charge in [-0.15, -0.1) is 0 Å². The van der Waals surface area contributed by atoms with Gasteiger partial charge in [-0.1, -0.05) is 6.07 Å². The highest BCUT2D eigenvalue weighted by Gasteiger charge is 2.16. The van der Waals surface area contributed by atoms with Gasteiger partial charge in [0.05, 0.1) is 0 Å². The summed E-state index contributed by atoms with van der Waals surface area (Å²) in [5.74, 6) is -0.568. The van der Waals surface area contributed by atoms with Crippen molar-refractivity contribution >= 4 is 17.5 Å². The smallest absolute Gasteiger partial charge is 0.233 e. The van der Waals surface area contributed by atoms with E-state index in [-0.39, 0.29) is 23.8 Å². The summed E-state index contributed by atoms with van der Waals surface area (Å²) in [7, 11) is 0. The fourth-order valence-corrected chi connectivity index (χ4v) is 1.86. The van der Waals surface area contributed by atoms with Gasteiger partial charge in [0.2, 0.25) is 11.8 Å². The van der Waals surface area contributed by atoms with E-state index in [2.05, 4.69) is 10.6 Å². The van der Waals surface area contributed by atoms with E-state index < -0.39 is 0 Å². The normalized spacial score (nSPS) is 11.0. The molecule has 0 aromatic heterocycles. The van der Waals surface area contributed by atoms with Gasteiger partial charge < -0.3 is 10.6 Å². The van der Waals surface area contributed by atoms with Crippen LogP contribution in [0.4, 0.5) is 5.69 Å². The summed E-state index contributed by atoms with van der Waals surface area (Å²) >= 11 is 0. The lowest BCUT2D eigenvalue weighted by Gasteiger charge is -2.20. The second-order valence-electron chi connectivity index (χ2n) is 5.90. The molecule has 2 amide bonds. The molecule has 1 rings (SSSR count). The topological polar surface area (TPSA) is 58.2 Å². The Hall–Kier alpha value is -1.84. The first-order chi connectivity index (χ1) is 8.65. The van der Waals surface area contributed by atoms with E-state index in [1.54, 1.807) is 0 Å². The van der Waals surface area contributed by atoms with Crippen LogP contribution in [0.1, 0.15) is 38.3 Å². The predicted molar refractivity (Wildman–Crippen MR) is 77.1 cm³/mol. The van der Waals surface area contributed by atoms with Crippen molar-refractivity contribution in [3.05, 3.63) is 29.3 Å². The van der Waals surface area contributed by atoms with Crippen molar-refractivity contribution in [1.29, 1.82) is 0 Å². The van der Waals surface area contributed by atoms with E-state index >= 15 is 0 Å². The molecule has 1 aromatic rings. The van der Waals surface area contributed by atoms with Crippen LogP contribution < -0.4 is 10.6 Å². The molecule has 0 heterocycles. The van der Waals surface area contributed by atoms with Gasteiger partial charge in [0.25, 0.3) is 0 Å². The Bertz CT molecular complexity index is 467. The number of hydrogen-bond acceptors (Lipinski definition) is 2. The molecule has 0 aliphatic carbocycles. The summed E-state index contributed by atoms with van der Waals surface area (Å²) in [6, 6.07) is 5.79. The number of anilines is 1. The quantitative estimate of drug-likeness (QED) is 0.822. The average Bonchev–Trinajstić information content (AvgIpc) is 2.10. The molecule has 0 bridgehead atoms. The highest BCUT2D eigenvalue weighted by Crippen LogP contribution is 2.14. The Morgan fingerprint density at radius 2 is 1.53 bits per heavy atom. The van der Waals surface area contributed by atoms with Crippen molar-refractivity contribution in [2.45, 2.75) is 46.6 Å². The van der Waals surface area contributed by atoms with Gasteiger partial charge in [-0.25, -0.2) is 0 Å². The van der Waals surface area contributed by atoms with Crippen LogP contribution in [0.15, 0.2) is 18.2 Å². The Morgan fingerprint density at radius 3 is 2.00 bits per heavy atom. The Labute approximate surface area is 114 Å². The minimum Gasteiger partial charge on any atom is -0.351 e. The molecule has 0 fully saturated rings.